The van der Waals surface area contributed by atoms with Gasteiger partial charge in [-0.15, -0.1) is 11.8 Å². The Morgan fingerprint density at radius 1 is 1.00 bits per heavy atom. The monoisotopic (exact) mass is 379 g/mol. The van der Waals surface area contributed by atoms with Crippen molar-refractivity contribution in [3.05, 3.63) is 60.2 Å². The number of ketones is 1. The fourth-order valence-corrected chi connectivity index (χ4v) is 3.67. The molecule has 0 aliphatic carbocycles. The summed E-state index contributed by atoms with van der Waals surface area (Å²) >= 11 is 1.45. The number of ether oxygens (including phenoxy) is 2. The predicted octanol–water partition coefficient (Wildman–Crippen LogP) is 4.50. The molecule has 0 fully saturated rings. The standard InChI is InChI=1S/C21H17NO4S/c1-13(23)17-9-19-20(26-12-25-19)10-18(17)22-21(24)11-27-16-7-6-14-4-2-3-5-15(14)8-16/h2-10H,11-12H2,1H3,(H,22,24). The van der Waals surface area contributed by atoms with E-state index < -0.39 is 0 Å². The smallest absolute Gasteiger partial charge is 0.234 e. The average molecular weight is 379 g/mol. The molecule has 1 amide bonds. The molecule has 3 aromatic carbocycles. The van der Waals surface area contributed by atoms with Gasteiger partial charge < -0.3 is 14.8 Å². The summed E-state index contributed by atoms with van der Waals surface area (Å²) in [5.41, 5.74) is 0.846. The fourth-order valence-electron chi connectivity index (χ4n) is 2.93. The summed E-state index contributed by atoms with van der Waals surface area (Å²) in [4.78, 5) is 25.3. The molecular formula is C21H17NO4S. The van der Waals surface area contributed by atoms with Crippen LogP contribution >= 0.6 is 11.8 Å². The number of Topliss-reactive ketones (excluding diaryl/α,β-unsaturated/α-hetero) is 1. The van der Waals surface area contributed by atoms with E-state index in [2.05, 4.69) is 17.4 Å². The summed E-state index contributed by atoms with van der Waals surface area (Å²) < 4.78 is 10.6. The van der Waals surface area contributed by atoms with Gasteiger partial charge >= 0.3 is 0 Å². The van der Waals surface area contributed by atoms with E-state index in [9.17, 15) is 9.59 Å². The van der Waals surface area contributed by atoms with Crippen LogP contribution in [0.25, 0.3) is 10.8 Å². The molecule has 0 bridgehead atoms. The number of thioether (sulfide) groups is 1. The van der Waals surface area contributed by atoms with Crippen molar-refractivity contribution in [3.8, 4) is 11.5 Å². The highest BCUT2D eigenvalue weighted by atomic mass is 32.2. The van der Waals surface area contributed by atoms with Crippen LogP contribution in [0.4, 0.5) is 5.69 Å². The highest BCUT2D eigenvalue weighted by Crippen LogP contribution is 2.37. The van der Waals surface area contributed by atoms with Crippen LogP contribution in [-0.2, 0) is 4.79 Å². The molecule has 6 heteroatoms. The Kier molecular flexibility index (Phi) is 4.73. The maximum Gasteiger partial charge on any atom is 0.234 e. The molecule has 4 rings (SSSR count). The Bertz CT molecular complexity index is 1050. The molecule has 1 N–H and O–H groups in total. The molecule has 0 saturated heterocycles. The summed E-state index contributed by atoms with van der Waals surface area (Å²) in [5, 5.41) is 5.11. The number of carbonyl (C=O) groups excluding carboxylic acids is 2. The number of benzene rings is 3. The van der Waals surface area contributed by atoms with Gasteiger partial charge in [-0.25, -0.2) is 0 Å². The number of amides is 1. The lowest BCUT2D eigenvalue weighted by Gasteiger charge is -2.11. The van der Waals surface area contributed by atoms with Gasteiger partial charge in [-0.1, -0.05) is 30.3 Å². The van der Waals surface area contributed by atoms with E-state index >= 15 is 0 Å². The number of nitrogens with one attached hydrogen (secondary N) is 1. The van der Waals surface area contributed by atoms with Gasteiger partial charge in [0, 0.05) is 16.5 Å². The minimum Gasteiger partial charge on any atom is -0.454 e. The zero-order valence-electron chi connectivity index (χ0n) is 14.7. The third kappa shape index (κ3) is 3.75. The Morgan fingerprint density at radius 2 is 1.74 bits per heavy atom. The summed E-state index contributed by atoms with van der Waals surface area (Å²) in [6.45, 7) is 1.57. The summed E-state index contributed by atoms with van der Waals surface area (Å²) in [6, 6.07) is 17.4. The molecule has 1 aliphatic heterocycles. The second-order valence-corrected chi connectivity index (χ2v) is 7.20. The molecule has 1 aliphatic rings. The molecule has 1 heterocycles. The quantitative estimate of drug-likeness (QED) is 0.522. The Balaban J connectivity index is 1.47. The molecule has 0 radical (unpaired) electrons. The second-order valence-electron chi connectivity index (χ2n) is 6.15. The highest BCUT2D eigenvalue weighted by Gasteiger charge is 2.20. The van der Waals surface area contributed by atoms with Crippen molar-refractivity contribution in [2.45, 2.75) is 11.8 Å². The van der Waals surface area contributed by atoms with E-state index in [-0.39, 0.29) is 24.2 Å². The second kappa shape index (κ2) is 7.32. The molecule has 136 valence electrons. The number of hydrogen-bond donors (Lipinski definition) is 1. The third-order valence-corrected chi connectivity index (χ3v) is 5.25. The number of carbonyl (C=O) groups is 2. The van der Waals surface area contributed by atoms with Gasteiger partial charge in [0.15, 0.2) is 17.3 Å². The van der Waals surface area contributed by atoms with Crippen LogP contribution < -0.4 is 14.8 Å². The lowest BCUT2D eigenvalue weighted by Crippen LogP contribution is -2.16. The molecular weight excluding hydrogens is 362 g/mol. The van der Waals surface area contributed by atoms with Crippen molar-refractivity contribution in [1.82, 2.24) is 0 Å². The first kappa shape index (κ1) is 17.4. The number of fused-ring (bicyclic) bond motifs is 2. The first-order valence-corrected chi connectivity index (χ1v) is 9.45. The van der Waals surface area contributed by atoms with Crippen molar-refractivity contribution in [2.75, 3.05) is 17.9 Å². The van der Waals surface area contributed by atoms with E-state index in [0.717, 1.165) is 15.7 Å². The van der Waals surface area contributed by atoms with Crippen LogP contribution in [0.3, 0.4) is 0 Å². The zero-order chi connectivity index (χ0) is 18.8. The minimum absolute atomic E-state index is 0.113. The van der Waals surface area contributed by atoms with Crippen molar-refractivity contribution in [1.29, 1.82) is 0 Å². The Morgan fingerprint density at radius 3 is 2.52 bits per heavy atom. The number of rotatable bonds is 5. The van der Waals surface area contributed by atoms with Gasteiger partial charge in [0.2, 0.25) is 12.7 Å². The first-order chi connectivity index (χ1) is 13.1. The SMILES string of the molecule is CC(=O)c1cc2c(cc1NC(=O)CSc1ccc3ccccc3c1)OCO2. The van der Waals surface area contributed by atoms with E-state index in [4.69, 9.17) is 9.47 Å². The van der Waals surface area contributed by atoms with Gasteiger partial charge in [0.1, 0.15) is 0 Å². The van der Waals surface area contributed by atoms with E-state index in [1.807, 2.05) is 30.3 Å². The van der Waals surface area contributed by atoms with Gasteiger partial charge in [0.05, 0.1) is 11.4 Å². The Hall–Kier alpha value is -2.99. The largest absolute Gasteiger partial charge is 0.454 e. The maximum absolute atomic E-state index is 12.4. The molecule has 0 atom stereocenters. The van der Waals surface area contributed by atoms with Crippen LogP contribution in [-0.4, -0.2) is 24.2 Å². The van der Waals surface area contributed by atoms with E-state index in [0.29, 0.717) is 22.7 Å². The van der Waals surface area contributed by atoms with E-state index in [1.165, 1.54) is 18.7 Å². The summed E-state index contributed by atoms with van der Waals surface area (Å²) in [5.74, 6) is 0.950. The maximum atomic E-state index is 12.4. The van der Waals surface area contributed by atoms with Gasteiger partial charge in [-0.3, -0.25) is 9.59 Å². The average Bonchev–Trinajstić information content (AvgIpc) is 3.13. The van der Waals surface area contributed by atoms with Gasteiger partial charge in [0.25, 0.3) is 0 Å². The van der Waals surface area contributed by atoms with Crippen LogP contribution in [0.2, 0.25) is 0 Å². The fraction of sp³-hybridized carbons (Fsp3) is 0.143. The van der Waals surface area contributed by atoms with Crippen LogP contribution in [0.5, 0.6) is 11.5 Å². The predicted molar refractivity (Wildman–Crippen MR) is 106 cm³/mol. The van der Waals surface area contributed by atoms with Crippen molar-refractivity contribution in [3.63, 3.8) is 0 Å². The highest BCUT2D eigenvalue weighted by molar-refractivity contribution is 8.00. The van der Waals surface area contributed by atoms with E-state index in [1.54, 1.807) is 12.1 Å². The van der Waals surface area contributed by atoms with Crippen LogP contribution in [0.1, 0.15) is 17.3 Å². The van der Waals surface area contributed by atoms with Crippen molar-refractivity contribution in [2.24, 2.45) is 0 Å². The topological polar surface area (TPSA) is 64.6 Å². The summed E-state index contributed by atoms with van der Waals surface area (Å²) in [7, 11) is 0. The van der Waals surface area contributed by atoms with Gasteiger partial charge in [-0.2, -0.15) is 0 Å². The normalized spacial score (nSPS) is 12.2. The first-order valence-electron chi connectivity index (χ1n) is 8.46. The molecule has 27 heavy (non-hydrogen) atoms. The van der Waals surface area contributed by atoms with Crippen LogP contribution in [0, 0.1) is 0 Å². The minimum atomic E-state index is -0.186. The molecule has 0 spiro atoms. The molecule has 3 aromatic rings. The zero-order valence-corrected chi connectivity index (χ0v) is 15.5. The number of anilines is 1. The number of hydrogen-bond acceptors (Lipinski definition) is 5. The van der Waals surface area contributed by atoms with Crippen LogP contribution in [0.15, 0.2) is 59.5 Å². The molecule has 0 aromatic heterocycles. The van der Waals surface area contributed by atoms with Crippen molar-refractivity contribution < 1.29 is 19.1 Å². The summed E-state index contributed by atoms with van der Waals surface area (Å²) in [6.07, 6.45) is 0. The lowest BCUT2D eigenvalue weighted by atomic mass is 10.1. The van der Waals surface area contributed by atoms with Gasteiger partial charge in [-0.05, 0) is 35.9 Å². The Labute approximate surface area is 160 Å². The molecule has 0 saturated carbocycles. The lowest BCUT2D eigenvalue weighted by molar-refractivity contribution is -0.113. The molecule has 5 nitrogen and oxygen atoms in total. The van der Waals surface area contributed by atoms with Crippen molar-refractivity contribution >= 4 is 39.9 Å². The molecule has 0 unspecified atom stereocenters. The third-order valence-electron chi connectivity index (χ3n) is 4.26.